The number of anilines is 1. The van der Waals surface area contributed by atoms with Crippen LogP contribution in [-0.2, 0) is 6.61 Å². The fourth-order valence-electron chi connectivity index (χ4n) is 1.27. The first kappa shape index (κ1) is 10.4. The minimum Gasteiger partial charge on any atom is -0.486 e. The van der Waals surface area contributed by atoms with Crippen LogP contribution < -0.4 is 10.5 Å². The molecule has 1 aromatic carbocycles. The molecule has 4 heteroatoms. The van der Waals surface area contributed by atoms with Crippen LogP contribution in [0.15, 0.2) is 36.5 Å². The van der Waals surface area contributed by atoms with Crippen LogP contribution in [0.2, 0.25) is 0 Å². The molecule has 2 aromatic rings. The summed E-state index contributed by atoms with van der Waals surface area (Å²) < 4.78 is 5.52. The zero-order valence-corrected chi connectivity index (χ0v) is 9.05. The third kappa shape index (κ3) is 2.70. The molecule has 0 fully saturated rings. The summed E-state index contributed by atoms with van der Waals surface area (Å²) in [5, 5.41) is 0. The fraction of sp³-hybridized carbons (Fsp3) is 0.167. The largest absolute Gasteiger partial charge is 0.486 e. The van der Waals surface area contributed by atoms with Gasteiger partial charge >= 0.3 is 0 Å². The van der Waals surface area contributed by atoms with E-state index in [-0.39, 0.29) is 0 Å². The van der Waals surface area contributed by atoms with Gasteiger partial charge < -0.3 is 10.5 Å². The van der Waals surface area contributed by atoms with Crippen molar-refractivity contribution in [3.8, 4) is 5.75 Å². The van der Waals surface area contributed by atoms with Crippen LogP contribution >= 0.6 is 0 Å². The summed E-state index contributed by atoms with van der Waals surface area (Å²) in [6.45, 7) is 2.36. The van der Waals surface area contributed by atoms with Crippen LogP contribution in [-0.4, -0.2) is 9.97 Å². The Labute approximate surface area is 94.1 Å². The molecule has 16 heavy (non-hydrogen) atoms. The molecule has 0 atom stereocenters. The second-order valence-electron chi connectivity index (χ2n) is 3.50. The molecule has 82 valence electrons. The molecule has 0 saturated carbocycles. The average molecular weight is 215 g/mol. The van der Waals surface area contributed by atoms with Crippen molar-refractivity contribution in [2.24, 2.45) is 0 Å². The van der Waals surface area contributed by atoms with Gasteiger partial charge in [-0.25, -0.2) is 9.97 Å². The molecule has 0 aliphatic heterocycles. The van der Waals surface area contributed by atoms with Crippen LogP contribution in [0.3, 0.4) is 0 Å². The lowest BCUT2D eigenvalue weighted by Crippen LogP contribution is -2.03. The summed E-state index contributed by atoms with van der Waals surface area (Å²) in [4.78, 5) is 8.10. The van der Waals surface area contributed by atoms with Crippen molar-refractivity contribution in [1.29, 1.82) is 0 Å². The van der Waals surface area contributed by atoms with E-state index < -0.39 is 0 Å². The summed E-state index contributed by atoms with van der Waals surface area (Å²) >= 11 is 0. The van der Waals surface area contributed by atoms with Crippen molar-refractivity contribution in [2.45, 2.75) is 13.5 Å². The zero-order valence-electron chi connectivity index (χ0n) is 9.05. The highest BCUT2D eigenvalue weighted by molar-refractivity contribution is 5.27. The first-order valence-electron chi connectivity index (χ1n) is 5.01. The molecule has 0 aliphatic rings. The molecular formula is C12H13N3O. The first-order valence-corrected chi connectivity index (χ1v) is 5.01. The van der Waals surface area contributed by atoms with Crippen molar-refractivity contribution in [3.05, 3.63) is 47.9 Å². The number of hydrogen-bond donors (Lipinski definition) is 1. The minimum atomic E-state index is 0.327. The maximum atomic E-state index is 5.54. The Morgan fingerprint density at radius 3 is 2.62 bits per heavy atom. The second-order valence-corrected chi connectivity index (χ2v) is 3.50. The van der Waals surface area contributed by atoms with Gasteiger partial charge in [0.1, 0.15) is 18.2 Å². The summed E-state index contributed by atoms with van der Waals surface area (Å²) in [6.07, 6.45) is 1.62. The smallest absolute Gasteiger partial charge is 0.168 e. The number of aromatic nitrogens is 2. The van der Waals surface area contributed by atoms with E-state index in [0.29, 0.717) is 18.2 Å². The van der Waals surface area contributed by atoms with Crippen molar-refractivity contribution in [1.82, 2.24) is 9.97 Å². The van der Waals surface area contributed by atoms with Gasteiger partial charge in [0.2, 0.25) is 0 Å². The predicted molar refractivity (Wildman–Crippen MR) is 62.0 cm³/mol. The lowest BCUT2D eigenvalue weighted by molar-refractivity contribution is 0.296. The van der Waals surface area contributed by atoms with Crippen molar-refractivity contribution >= 4 is 5.82 Å². The zero-order chi connectivity index (χ0) is 11.4. The molecule has 0 amide bonds. The van der Waals surface area contributed by atoms with Crippen molar-refractivity contribution in [2.75, 3.05) is 5.73 Å². The molecule has 0 bridgehead atoms. The van der Waals surface area contributed by atoms with Gasteiger partial charge in [0.15, 0.2) is 5.82 Å². The quantitative estimate of drug-likeness (QED) is 0.850. The van der Waals surface area contributed by atoms with Crippen LogP contribution in [0.4, 0.5) is 5.82 Å². The van der Waals surface area contributed by atoms with E-state index in [1.165, 1.54) is 5.56 Å². The molecule has 4 nitrogen and oxygen atoms in total. The molecule has 1 heterocycles. The summed E-state index contributed by atoms with van der Waals surface area (Å²) in [7, 11) is 0. The Morgan fingerprint density at radius 1 is 1.19 bits per heavy atom. The Hall–Kier alpha value is -2.10. The van der Waals surface area contributed by atoms with Gasteiger partial charge in [-0.2, -0.15) is 0 Å². The molecule has 0 spiro atoms. The molecule has 2 rings (SSSR count). The highest BCUT2D eigenvalue weighted by Crippen LogP contribution is 2.12. The standard InChI is InChI=1S/C12H13N3O/c1-9-2-4-10(5-3-9)16-8-12-14-7-6-11(13)15-12/h2-7H,8H2,1H3,(H2,13,14,15). The molecule has 1 aromatic heterocycles. The van der Waals surface area contributed by atoms with Crippen LogP contribution in [0.1, 0.15) is 11.4 Å². The number of nitrogen functional groups attached to an aromatic ring is 1. The number of benzene rings is 1. The number of nitrogens with two attached hydrogens (primary N) is 1. The Kier molecular flexibility index (Phi) is 3.00. The third-order valence-corrected chi connectivity index (χ3v) is 2.12. The van der Waals surface area contributed by atoms with Gasteiger partial charge in [0, 0.05) is 6.20 Å². The van der Waals surface area contributed by atoms with Gasteiger partial charge in [0.05, 0.1) is 0 Å². The first-order chi connectivity index (χ1) is 7.74. The van der Waals surface area contributed by atoms with Gasteiger partial charge in [-0.1, -0.05) is 17.7 Å². The number of hydrogen-bond acceptors (Lipinski definition) is 4. The summed E-state index contributed by atoms with van der Waals surface area (Å²) in [5.74, 6) is 1.84. The number of aryl methyl sites for hydroxylation is 1. The predicted octanol–water partition coefficient (Wildman–Crippen LogP) is 1.95. The molecule has 0 aliphatic carbocycles. The Balaban J connectivity index is 1.99. The molecule has 0 saturated heterocycles. The van der Waals surface area contributed by atoms with E-state index in [1.807, 2.05) is 31.2 Å². The van der Waals surface area contributed by atoms with Crippen molar-refractivity contribution < 1.29 is 4.74 Å². The van der Waals surface area contributed by atoms with Gasteiger partial charge in [-0.15, -0.1) is 0 Å². The van der Waals surface area contributed by atoms with E-state index in [4.69, 9.17) is 10.5 Å². The van der Waals surface area contributed by atoms with Crippen LogP contribution in [0.5, 0.6) is 5.75 Å². The Bertz CT molecular complexity index is 468. The van der Waals surface area contributed by atoms with Gasteiger partial charge in [0.25, 0.3) is 0 Å². The minimum absolute atomic E-state index is 0.327. The topological polar surface area (TPSA) is 61.0 Å². The SMILES string of the molecule is Cc1ccc(OCc2nccc(N)n2)cc1. The summed E-state index contributed by atoms with van der Waals surface area (Å²) in [6, 6.07) is 9.48. The van der Waals surface area contributed by atoms with Gasteiger partial charge in [-0.3, -0.25) is 0 Å². The van der Waals surface area contributed by atoms with Crippen LogP contribution in [0, 0.1) is 6.92 Å². The molecule has 2 N–H and O–H groups in total. The number of ether oxygens (including phenoxy) is 1. The van der Waals surface area contributed by atoms with Crippen LogP contribution in [0.25, 0.3) is 0 Å². The van der Waals surface area contributed by atoms with E-state index in [2.05, 4.69) is 9.97 Å². The molecule has 0 unspecified atom stereocenters. The Morgan fingerprint density at radius 2 is 1.94 bits per heavy atom. The van der Waals surface area contributed by atoms with E-state index in [9.17, 15) is 0 Å². The van der Waals surface area contributed by atoms with Gasteiger partial charge in [-0.05, 0) is 25.1 Å². The lowest BCUT2D eigenvalue weighted by atomic mass is 10.2. The number of nitrogens with zero attached hydrogens (tertiary/aromatic N) is 2. The van der Waals surface area contributed by atoms with E-state index >= 15 is 0 Å². The van der Waals surface area contributed by atoms with Crippen molar-refractivity contribution in [3.63, 3.8) is 0 Å². The monoisotopic (exact) mass is 215 g/mol. The highest BCUT2D eigenvalue weighted by Gasteiger charge is 1.98. The average Bonchev–Trinajstić information content (AvgIpc) is 2.28. The lowest BCUT2D eigenvalue weighted by Gasteiger charge is -2.05. The molecule has 0 radical (unpaired) electrons. The number of rotatable bonds is 3. The summed E-state index contributed by atoms with van der Waals surface area (Å²) in [5.41, 5.74) is 6.74. The normalized spacial score (nSPS) is 10.1. The second kappa shape index (κ2) is 4.61. The maximum Gasteiger partial charge on any atom is 0.168 e. The maximum absolute atomic E-state index is 5.54. The molecular weight excluding hydrogens is 202 g/mol. The third-order valence-electron chi connectivity index (χ3n) is 2.12. The highest BCUT2D eigenvalue weighted by atomic mass is 16.5. The fourth-order valence-corrected chi connectivity index (χ4v) is 1.27. The van der Waals surface area contributed by atoms with E-state index in [0.717, 1.165) is 5.75 Å². The van der Waals surface area contributed by atoms with E-state index in [1.54, 1.807) is 12.3 Å².